The van der Waals surface area contributed by atoms with Gasteiger partial charge in [0.15, 0.2) is 0 Å². The monoisotopic (exact) mass is 210 g/mol. The van der Waals surface area contributed by atoms with Crippen molar-refractivity contribution in [2.45, 2.75) is 18.6 Å². The van der Waals surface area contributed by atoms with Crippen LogP contribution >= 0.6 is 0 Å². The van der Waals surface area contributed by atoms with E-state index in [0.717, 1.165) is 5.69 Å². The van der Waals surface area contributed by atoms with E-state index in [0.29, 0.717) is 15.8 Å². The van der Waals surface area contributed by atoms with Crippen LogP contribution in [-0.4, -0.2) is 15.8 Å². The summed E-state index contributed by atoms with van der Waals surface area (Å²) in [4.78, 5) is 0. The van der Waals surface area contributed by atoms with Gasteiger partial charge in [-0.15, -0.1) is 0 Å². The molecular weight excluding hydrogens is 197 g/mol. The second-order valence-electron chi connectivity index (χ2n) is 2.44. The Kier molecular flexibility index (Phi) is 3.51. The van der Waals surface area contributed by atoms with Gasteiger partial charge < -0.3 is 0 Å². The molecule has 1 aromatic rings. The van der Waals surface area contributed by atoms with Crippen LogP contribution in [0.3, 0.4) is 0 Å². The first kappa shape index (κ1) is 8.67. The van der Waals surface area contributed by atoms with Crippen LogP contribution in [0, 0.1) is 0 Å². The van der Waals surface area contributed by atoms with E-state index < -0.39 is 0 Å². The molecule has 59 valence electrons. The molecule has 2 heteroatoms. The number of hydrogen-bond donors (Lipinski definition) is 1. The van der Waals surface area contributed by atoms with E-state index in [4.69, 9.17) is 5.73 Å². The normalized spacial score (nSPS) is 11.0. The molecule has 0 saturated heterocycles. The summed E-state index contributed by atoms with van der Waals surface area (Å²) in [6.07, 6.45) is 1.27. The van der Waals surface area contributed by atoms with E-state index in [1.807, 2.05) is 12.1 Å². The van der Waals surface area contributed by atoms with Crippen LogP contribution < -0.4 is 10.1 Å². The van der Waals surface area contributed by atoms with Crippen molar-refractivity contribution in [1.82, 2.24) is 0 Å². The number of rotatable bonds is 3. The Morgan fingerprint density at radius 1 is 1.36 bits per heavy atom. The van der Waals surface area contributed by atoms with Crippen molar-refractivity contribution in [2.75, 3.05) is 5.73 Å². The topological polar surface area (TPSA) is 26.0 Å². The molecule has 0 bridgehead atoms. The van der Waals surface area contributed by atoms with Crippen molar-refractivity contribution >= 4 is 25.8 Å². The van der Waals surface area contributed by atoms with Gasteiger partial charge in [0.1, 0.15) is 0 Å². The zero-order valence-corrected chi connectivity index (χ0v) is 8.62. The molecule has 0 aliphatic carbocycles. The van der Waals surface area contributed by atoms with Gasteiger partial charge >= 0.3 is 74.3 Å². The molecule has 1 aromatic carbocycles. The van der Waals surface area contributed by atoms with Gasteiger partial charge in [0.2, 0.25) is 0 Å². The Morgan fingerprint density at radius 2 is 2.09 bits per heavy atom. The number of anilines is 1. The maximum atomic E-state index is 5.78. The molecule has 0 heterocycles. The molecule has 11 heavy (non-hydrogen) atoms. The van der Waals surface area contributed by atoms with Crippen molar-refractivity contribution in [2.24, 2.45) is 0 Å². The molecule has 2 N–H and O–H groups in total. The van der Waals surface area contributed by atoms with Crippen molar-refractivity contribution in [3.05, 3.63) is 24.3 Å². The molecule has 0 aliphatic rings. The third-order valence-corrected chi connectivity index (χ3v) is 4.42. The predicted molar refractivity (Wildman–Crippen MR) is 51.3 cm³/mol. The number of benzene rings is 1. The van der Waals surface area contributed by atoms with Crippen molar-refractivity contribution in [3.8, 4) is 0 Å². The van der Waals surface area contributed by atoms with E-state index in [-0.39, 0.29) is 0 Å². The fourth-order valence-corrected chi connectivity index (χ4v) is 2.78. The van der Waals surface area contributed by atoms with Gasteiger partial charge in [0.25, 0.3) is 0 Å². The summed E-state index contributed by atoms with van der Waals surface area (Å²) < 4.78 is 1.38. The van der Waals surface area contributed by atoms with Gasteiger partial charge in [-0.1, -0.05) is 0 Å². The zero-order valence-electron chi connectivity index (χ0n) is 6.75. The van der Waals surface area contributed by atoms with Gasteiger partial charge in [0.05, 0.1) is 0 Å². The van der Waals surface area contributed by atoms with Crippen LogP contribution in [0.1, 0.15) is 13.3 Å². The Bertz CT molecular complexity index is 223. The summed E-state index contributed by atoms with van der Waals surface area (Å²) in [7, 11) is 0. The Hall–Kier alpha value is -0.422. The standard InChI is InChI=1S/C9H13AsN/c1-2-7-10-8-5-3-4-6-9(8)11/h3-6H,2,7,11H2,1H3. The minimum absolute atomic E-state index is 0.318. The van der Waals surface area contributed by atoms with E-state index in [2.05, 4.69) is 19.1 Å². The molecule has 0 aromatic heterocycles. The molecule has 0 atom stereocenters. The van der Waals surface area contributed by atoms with Gasteiger partial charge in [0, 0.05) is 0 Å². The maximum absolute atomic E-state index is 5.78. The van der Waals surface area contributed by atoms with Gasteiger partial charge in [-0.25, -0.2) is 0 Å². The van der Waals surface area contributed by atoms with Crippen LogP contribution in [0.15, 0.2) is 24.3 Å². The van der Waals surface area contributed by atoms with Crippen LogP contribution in [0.2, 0.25) is 5.21 Å². The average Bonchev–Trinajstić information content (AvgIpc) is 2.03. The van der Waals surface area contributed by atoms with Crippen molar-refractivity contribution in [1.29, 1.82) is 0 Å². The average molecular weight is 210 g/mol. The number of nitrogens with two attached hydrogens (primary N) is 1. The Balaban J connectivity index is 2.62. The number of hydrogen-bond acceptors (Lipinski definition) is 1. The van der Waals surface area contributed by atoms with Gasteiger partial charge in [-0.05, 0) is 0 Å². The molecule has 1 nitrogen and oxygen atoms in total. The molecule has 0 amide bonds. The summed E-state index contributed by atoms with van der Waals surface area (Å²) in [6.45, 7) is 2.22. The zero-order chi connectivity index (χ0) is 8.10. The Morgan fingerprint density at radius 3 is 2.73 bits per heavy atom. The molecule has 1 radical (unpaired) electrons. The second kappa shape index (κ2) is 4.46. The molecule has 0 fully saturated rings. The number of para-hydroxylation sites is 1. The van der Waals surface area contributed by atoms with Crippen LogP contribution in [0.4, 0.5) is 5.69 Å². The van der Waals surface area contributed by atoms with E-state index >= 15 is 0 Å². The van der Waals surface area contributed by atoms with E-state index in [9.17, 15) is 0 Å². The summed E-state index contributed by atoms with van der Waals surface area (Å²) in [5.41, 5.74) is 6.76. The summed E-state index contributed by atoms with van der Waals surface area (Å²) in [5, 5.41) is 1.32. The molecule has 0 spiro atoms. The molecule has 0 saturated carbocycles. The summed E-state index contributed by atoms with van der Waals surface area (Å²) in [6, 6.07) is 8.19. The molecule has 0 aliphatic heterocycles. The fourth-order valence-electron chi connectivity index (χ4n) is 0.864. The first-order valence-corrected chi connectivity index (χ1v) is 6.13. The van der Waals surface area contributed by atoms with E-state index in [1.54, 1.807) is 0 Å². The van der Waals surface area contributed by atoms with Crippen LogP contribution in [-0.2, 0) is 0 Å². The molecule has 1 rings (SSSR count). The third-order valence-electron chi connectivity index (χ3n) is 1.44. The Labute approximate surface area is 74.7 Å². The summed E-state index contributed by atoms with van der Waals surface area (Å²) in [5.74, 6) is 0. The quantitative estimate of drug-likeness (QED) is 0.592. The fraction of sp³-hybridized carbons (Fsp3) is 0.333. The first-order valence-electron chi connectivity index (χ1n) is 3.86. The van der Waals surface area contributed by atoms with Crippen molar-refractivity contribution in [3.63, 3.8) is 0 Å². The van der Waals surface area contributed by atoms with E-state index in [1.165, 1.54) is 16.0 Å². The minimum atomic E-state index is 0.318. The first-order chi connectivity index (χ1) is 5.34. The molecule has 0 unspecified atom stereocenters. The third kappa shape index (κ3) is 2.59. The predicted octanol–water partition coefficient (Wildman–Crippen LogP) is 1.43. The van der Waals surface area contributed by atoms with Gasteiger partial charge in [-0.2, -0.15) is 0 Å². The SMILES string of the molecule is CCC[As]c1ccccc1N. The van der Waals surface area contributed by atoms with Crippen molar-refractivity contribution < 1.29 is 0 Å². The van der Waals surface area contributed by atoms with Crippen LogP contribution in [0.5, 0.6) is 0 Å². The van der Waals surface area contributed by atoms with Gasteiger partial charge in [-0.3, -0.25) is 0 Å². The number of nitrogen functional groups attached to an aromatic ring is 1. The van der Waals surface area contributed by atoms with Crippen LogP contribution in [0.25, 0.3) is 0 Å². The summed E-state index contributed by atoms with van der Waals surface area (Å²) >= 11 is 0.318. The second-order valence-corrected chi connectivity index (χ2v) is 5.05. The molecular formula is C9H13AsN.